The Kier molecular flexibility index (Phi) is 10.5. The lowest BCUT2D eigenvalue weighted by Gasteiger charge is -2.64. The van der Waals surface area contributed by atoms with Crippen LogP contribution in [0.25, 0.3) is 0 Å². The molecule has 5 fully saturated rings. The number of hydrogen-bond acceptors (Lipinski definition) is 14. The van der Waals surface area contributed by atoms with Gasteiger partial charge in [-0.3, -0.25) is 9.59 Å². The molecule has 0 aromatic rings. The van der Waals surface area contributed by atoms with Crippen LogP contribution in [0, 0.1) is 39.4 Å². The largest absolute Gasteiger partial charge is 0.459 e. The molecule has 7 N–H and O–H groups in total. The van der Waals surface area contributed by atoms with Gasteiger partial charge < -0.3 is 59.4 Å². The van der Waals surface area contributed by atoms with E-state index in [-0.39, 0.29) is 42.0 Å². The number of fused-ring (bicyclic) bond motifs is 7. The van der Waals surface area contributed by atoms with Gasteiger partial charge in [-0.2, -0.15) is 0 Å². The molecular formula is C42H62O14. The smallest absolute Gasteiger partial charge is 0.229 e. The molecule has 3 aliphatic heterocycles. The normalized spacial score (nSPS) is 52.5. The highest BCUT2D eigenvalue weighted by molar-refractivity contribution is 6.02. The molecule has 3 heterocycles. The second kappa shape index (κ2) is 14.0. The molecule has 19 unspecified atom stereocenters. The predicted molar refractivity (Wildman–Crippen MR) is 198 cm³/mol. The average molecular weight is 791 g/mol. The highest BCUT2D eigenvalue weighted by Crippen LogP contribution is 2.75. The van der Waals surface area contributed by atoms with E-state index in [4.69, 9.17) is 23.7 Å². The summed E-state index contributed by atoms with van der Waals surface area (Å²) in [6.45, 7) is 16.5. The molecule has 14 nitrogen and oxygen atoms in total. The van der Waals surface area contributed by atoms with Crippen molar-refractivity contribution in [3.63, 3.8) is 0 Å². The van der Waals surface area contributed by atoms with Gasteiger partial charge in [0.2, 0.25) is 12.1 Å². The molecule has 2 saturated carbocycles. The van der Waals surface area contributed by atoms with E-state index < -0.39 is 107 Å². The molecule has 0 amide bonds. The van der Waals surface area contributed by atoms with Crippen LogP contribution in [-0.2, 0) is 33.3 Å². The summed E-state index contributed by atoms with van der Waals surface area (Å²) in [5.74, 6) is -1.63. The number of ether oxygens (including phenoxy) is 5. The van der Waals surface area contributed by atoms with E-state index in [9.17, 15) is 45.3 Å². The lowest BCUT2D eigenvalue weighted by atomic mass is 9.39. The Morgan fingerprint density at radius 1 is 0.875 bits per heavy atom. The summed E-state index contributed by atoms with van der Waals surface area (Å²) in [6.07, 6.45) is -8.40. The minimum absolute atomic E-state index is 0.0222. The van der Waals surface area contributed by atoms with Gasteiger partial charge >= 0.3 is 0 Å². The Morgan fingerprint density at radius 2 is 1.55 bits per heavy atom. The molecule has 0 spiro atoms. The number of carbonyl (C=O) groups is 2. The molecule has 14 heteroatoms. The summed E-state index contributed by atoms with van der Waals surface area (Å²) >= 11 is 0. The summed E-state index contributed by atoms with van der Waals surface area (Å²) < 4.78 is 30.5. The van der Waals surface area contributed by atoms with Crippen LogP contribution in [-0.4, -0.2) is 133 Å². The zero-order valence-electron chi connectivity index (χ0n) is 33.9. The molecule has 7 rings (SSSR count). The monoisotopic (exact) mass is 790 g/mol. The Labute approximate surface area is 328 Å². The number of ketones is 2. The van der Waals surface area contributed by atoms with Gasteiger partial charge in [0.15, 0.2) is 18.2 Å². The molecule has 7 aliphatic rings. The molecule has 0 radical (unpaired) electrons. The molecule has 4 aliphatic carbocycles. The topological polar surface area (TPSA) is 222 Å². The summed E-state index contributed by atoms with van der Waals surface area (Å²) in [5.41, 5.74) is -2.36. The Balaban J connectivity index is 1.24. The van der Waals surface area contributed by atoms with Crippen molar-refractivity contribution in [2.45, 2.75) is 167 Å². The second-order valence-corrected chi connectivity index (χ2v) is 19.4. The molecular weight excluding hydrogens is 728 g/mol. The van der Waals surface area contributed by atoms with Crippen molar-refractivity contribution in [3.05, 3.63) is 35.1 Å². The summed E-state index contributed by atoms with van der Waals surface area (Å²) in [4.78, 5) is 29.4. The Hall–Kier alpha value is -2.08. The van der Waals surface area contributed by atoms with Crippen molar-refractivity contribution in [2.75, 3.05) is 6.61 Å². The first kappa shape index (κ1) is 42.1. The van der Waals surface area contributed by atoms with E-state index >= 15 is 0 Å². The lowest BCUT2D eigenvalue weighted by molar-refractivity contribution is -0.360. The number of allylic oxidation sites excluding steroid dienone is 5. The van der Waals surface area contributed by atoms with Crippen molar-refractivity contribution in [2.24, 2.45) is 39.4 Å². The van der Waals surface area contributed by atoms with Gasteiger partial charge in [0.05, 0.1) is 35.9 Å². The van der Waals surface area contributed by atoms with Gasteiger partial charge in [0.25, 0.3) is 0 Å². The SMILES string of the molecule is CC(C)=CC1CC(C)(O)C2C(CC3(C)C4CC=C5C(C=C(OC6OC(CO)C(O)C(O)C6OC6OC(C)C(O)C(O)C6O)C(=O)C5(C)C)C4(C)C(=O)CC23C)O1. The van der Waals surface area contributed by atoms with E-state index in [1.54, 1.807) is 19.9 Å². The summed E-state index contributed by atoms with van der Waals surface area (Å²) in [7, 11) is 0. The predicted octanol–water partition coefficient (Wildman–Crippen LogP) is 1.60. The number of rotatable bonds is 6. The zero-order valence-corrected chi connectivity index (χ0v) is 33.9. The molecule has 19 atom stereocenters. The molecule has 314 valence electrons. The molecule has 0 aromatic heterocycles. The Bertz CT molecular complexity index is 1680. The third-order valence-electron chi connectivity index (χ3n) is 15.3. The van der Waals surface area contributed by atoms with Crippen molar-refractivity contribution < 1.29 is 69.0 Å². The van der Waals surface area contributed by atoms with Gasteiger partial charge in [-0.1, -0.05) is 44.1 Å². The zero-order chi connectivity index (χ0) is 41.2. The van der Waals surface area contributed by atoms with Crippen LogP contribution in [0.1, 0.15) is 88.0 Å². The van der Waals surface area contributed by atoms with Crippen molar-refractivity contribution in [1.29, 1.82) is 0 Å². The highest BCUT2D eigenvalue weighted by Gasteiger charge is 2.75. The summed E-state index contributed by atoms with van der Waals surface area (Å²) in [6, 6.07) is 0. The van der Waals surface area contributed by atoms with Crippen LogP contribution in [0.15, 0.2) is 35.1 Å². The van der Waals surface area contributed by atoms with Crippen LogP contribution in [0.2, 0.25) is 0 Å². The van der Waals surface area contributed by atoms with Crippen LogP contribution < -0.4 is 0 Å². The highest BCUT2D eigenvalue weighted by atomic mass is 16.8. The number of aliphatic hydroxyl groups is 7. The van der Waals surface area contributed by atoms with Crippen LogP contribution in [0.5, 0.6) is 0 Å². The standard InChI is InChI=1S/C42H62O14/c1-18(2)12-20-14-41(8,51)34-24(53-20)15-39(6)26-11-10-21-22(42(26,9)27(44)16-40(34,39)7)13-23(35(50)38(21,4)5)54-37-33(31(48)29(46)25(17-43)55-37)56-36-32(49)30(47)28(45)19(3)52-36/h10,12-13,19-20,22,24-26,28-34,36-37,43,45-49,51H,11,14-17H2,1-9H3. The quantitative estimate of drug-likeness (QED) is 0.190. The van der Waals surface area contributed by atoms with E-state index in [0.29, 0.717) is 19.3 Å². The molecule has 0 aromatic carbocycles. The van der Waals surface area contributed by atoms with Gasteiger partial charge in [-0.15, -0.1) is 0 Å². The fourth-order valence-corrected chi connectivity index (χ4v) is 12.2. The minimum Gasteiger partial charge on any atom is -0.459 e. The van der Waals surface area contributed by atoms with Gasteiger partial charge in [-0.05, 0) is 77.2 Å². The first-order valence-electron chi connectivity index (χ1n) is 20.1. The number of carbonyl (C=O) groups excluding carboxylic acids is 2. The summed E-state index contributed by atoms with van der Waals surface area (Å²) in [5, 5.41) is 75.6. The van der Waals surface area contributed by atoms with Crippen LogP contribution in [0.4, 0.5) is 0 Å². The van der Waals surface area contributed by atoms with Crippen LogP contribution >= 0.6 is 0 Å². The van der Waals surface area contributed by atoms with E-state index in [2.05, 4.69) is 26.0 Å². The fourth-order valence-electron chi connectivity index (χ4n) is 12.2. The number of hydrogen-bond donors (Lipinski definition) is 7. The first-order chi connectivity index (χ1) is 25.9. The van der Waals surface area contributed by atoms with Gasteiger partial charge in [0.1, 0.15) is 42.4 Å². The van der Waals surface area contributed by atoms with Gasteiger partial charge in [0, 0.05) is 30.1 Å². The Morgan fingerprint density at radius 3 is 2.20 bits per heavy atom. The number of Topliss-reactive ketones (excluding diaryl/α,β-unsaturated/α-hetero) is 2. The average Bonchev–Trinajstić information content (AvgIpc) is 3.34. The molecule has 0 bridgehead atoms. The van der Waals surface area contributed by atoms with E-state index in [0.717, 1.165) is 11.1 Å². The van der Waals surface area contributed by atoms with E-state index in [1.807, 2.05) is 27.7 Å². The minimum atomic E-state index is -1.78. The first-order valence-corrected chi connectivity index (χ1v) is 20.1. The molecule has 3 saturated heterocycles. The second-order valence-electron chi connectivity index (χ2n) is 19.4. The number of aliphatic hydroxyl groups excluding tert-OH is 6. The maximum atomic E-state index is 15.0. The van der Waals surface area contributed by atoms with E-state index in [1.165, 1.54) is 6.92 Å². The van der Waals surface area contributed by atoms with Crippen LogP contribution in [0.3, 0.4) is 0 Å². The maximum Gasteiger partial charge on any atom is 0.229 e. The maximum absolute atomic E-state index is 15.0. The van der Waals surface area contributed by atoms with Gasteiger partial charge in [-0.25, -0.2) is 0 Å². The third-order valence-corrected chi connectivity index (χ3v) is 15.3. The van der Waals surface area contributed by atoms with Crippen molar-refractivity contribution >= 4 is 11.6 Å². The third kappa shape index (κ3) is 6.07. The molecule has 56 heavy (non-hydrogen) atoms. The lowest BCUT2D eigenvalue weighted by Crippen LogP contribution is -2.65. The fraction of sp³-hybridized carbons (Fsp3) is 0.810. The van der Waals surface area contributed by atoms with Crippen molar-refractivity contribution in [3.8, 4) is 0 Å². The van der Waals surface area contributed by atoms with Crippen molar-refractivity contribution in [1.82, 2.24) is 0 Å².